The number of piperazine rings is 1. The maximum atomic E-state index is 4.60. The maximum Gasteiger partial charge on any atom is 0.143 e. The molecule has 3 heterocycles. The Hall–Kier alpha value is -0.460. The number of nitrogens with zero attached hydrogens (tertiary/aromatic N) is 3. The van der Waals surface area contributed by atoms with Crippen LogP contribution in [0.1, 0.15) is 5.01 Å². The summed E-state index contributed by atoms with van der Waals surface area (Å²) in [5, 5.41) is 4.53. The maximum absolute atomic E-state index is 4.60. The van der Waals surface area contributed by atoms with E-state index >= 15 is 0 Å². The molecule has 18 heavy (non-hydrogen) atoms. The third kappa shape index (κ3) is 3.52. The highest BCUT2D eigenvalue weighted by Gasteiger charge is 2.12. The van der Waals surface area contributed by atoms with Gasteiger partial charge in [0.1, 0.15) is 15.4 Å². The van der Waals surface area contributed by atoms with Crippen molar-refractivity contribution < 1.29 is 0 Å². The van der Waals surface area contributed by atoms with E-state index in [1.165, 1.54) is 5.01 Å². The van der Waals surface area contributed by atoms with Gasteiger partial charge in [-0.2, -0.15) is 0 Å². The molecule has 0 spiro atoms. The fraction of sp³-hybridized carbons (Fsp3) is 0.455. The van der Waals surface area contributed by atoms with Crippen LogP contribution in [0.3, 0.4) is 0 Å². The van der Waals surface area contributed by atoms with Crippen molar-refractivity contribution in [3.63, 3.8) is 0 Å². The van der Waals surface area contributed by atoms with E-state index in [2.05, 4.69) is 20.2 Å². The standard InChI is InChI=1S/C11H14N4S.2ClH/c1-2-9-11(13-3-1)16-10(14-9)8-15-6-4-12-5-7-15;;/h1-3,12H,4-8H2;2*1H. The minimum Gasteiger partial charge on any atom is -0.314 e. The molecule has 3 rings (SSSR count). The van der Waals surface area contributed by atoms with E-state index in [0.29, 0.717) is 0 Å². The second-order valence-electron chi connectivity index (χ2n) is 3.96. The van der Waals surface area contributed by atoms with Gasteiger partial charge in [0.15, 0.2) is 0 Å². The van der Waals surface area contributed by atoms with Crippen molar-refractivity contribution in [1.82, 2.24) is 20.2 Å². The zero-order chi connectivity index (χ0) is 10.8. The molecule has 1 saturated heterocycles. The summed E-state index contributed by atoms with van der Waals surface area (Å²) in [5.74, 6) is 0. The Morgan fingerprint density at radius 2 is 2.06 bits per heavy atom. The zero-order valence-electron chi connectivity index (χ0n) is 9.83. The van der Waals surface area contributed by atoms with E-state index in [1.54, 1.807) is 11.3 Å². The van der Waals surface area contributed by atoms with Crippen molar-refractivity contribution in [3.05, 3.63) is 23.3 Å². The van der Waals surface area contributed by atoms with Crippen molar-refractivity contribution in [1.29, 1.82) is 0 Å². The van der Waals surface area contributed by atoms with Gasteiger partial charge in [-0.1, -0.05) is 11.3 Å². The van der Waals surface area contributed by atoms with Gasteiger partial charge in [-0.25, -0.2) is 9.97 Å². The molecule has 0 aromatic carbocycles. The summed E-state index contributed by atoms with van der Waals surface area (Å²) in [5.41, 5.74) is 1.03. The molecular weight excluding hydrogens is 291 g/mol. The molecule has 7 heteroatoms. The van der Waals surface area contributed by atoms with E-state index in [0.717, 1.165) is 43.1 Å². The predicted molar refractivity (Wildman–Crippen MR) is 80.1 cm³/mol. The Balaban J connectivity index is 0.000000810. The summed E-state index contributed by atoms with van der Waals surface area (Å²) >= 11 is 1.71. The van der Waals surface area contributed by atoms with Gasteiger partial charge in [0.2, 0.25) is 0 Å². The van der Waals surface area contributed by atoms with Gasteiger partial charge < -0.3 is 5.32 Å². The van der Waals surface area contributed by atoms with Gasteiger partial charge in [0.05, 0.1) is 6.54 Å². The van der Waals surface area contributed by atoms with Gasteiger partial charge in [-0.15, -0.1) is 24.8 Å². The summed E-state index contributed by atoms with van der Waals surface area (Å²) in [6, 6.07) is 3.97. The molecule has 2 aromatic rings. The molecular formula is C11H16Cl2N4S. The highest BCUT2D eigenvalue weighted by molar-refractivity contribution is 7.18. The van der Waals surface area contributed by atoms with Gasteiger partial charge in [0, 0.05) is 32.4 Å². The lowest BCUT2D eigenvalue weighted by Crippen LogP contribution is -2.42. The first-order valence-electron chi connectivity index (χ1n) is 5.55. The molecule has 1 aliphatic heterocycles. The number of halogens is 2. The van der Waals surface area contributed by atoms with Crippen LogP contribution < -0.4 is 5.32 Å². The summed E-state index contributed by atoms with van der Waals surface area (Å²) in [6.07, 6.45) is 1.83. The van der Waals surface area contributed by atoms with Crippen molar-refractivity contribution in [2.24, 2.45) is 0 Å². The Morgan fingerprint density at radius 1 is 1.28 bits per heavy atom. The van der Waals surface area contributed by atoms with Gasteiger partial charge in [-0.05, 0) is 12.1 Å². The third-order valence-electron chi connectivity index (χ3n) is 2.78. The first-order valence-corrected chi connectivity index (χ1v) is 6.37. The van der Waals surface area contributed by atoms with Crippen LogP contribution in [0.4, 0.5) is 0 Å². The highest BCUT2D eigenvalue weighted by Crippen LogP contribution is 2.20. The Labute approximate surface area is 123 Å². The molecule has 0 radical (unpaired) electrons. The van der Waals surface area contributed by atoms with Crippen molar-refractivity contribution in [2.75, 3.05) is 26.2 Å². The highest BCUT2D eigenvalue weighted by atomic mass is 35.5. The lowest BCUT2D eigenvalue weighted by molar-refractivity contribution is 0.233. The smallest absolute Gasteiger partial charge is 0.143 e. The molecule has 0 aliphatic carbocycles. The monoisotopic (exact) mass is 306 g/mol. The molecule has 4 nitrogen and oxygen atoms in total. The molecule has 100 valence electrons. The largest absolute Gasteiger partial charge is 0.314 e. The first kappa shape index (κ1) is 15.6. The zero-order valence-corrected chi connectivity index (χ0v) is 12.3. The van der Waals surface area contributed by atoms with Crippen LogP contribution in [0.2, 0.25) is 0 Å². The lowest BCUT2D eigenvalue weighted by Gasteiger charge is -2.25. The SMILES string of the molecule is Cl.Cl.c1cnc2sc(CN3CCNCC3)nc2c1. The van der Waals surface area contributed by atoms with Crippen LogP contribution in [0, 0.1) is 0 Å². The quantitative estimate of drug-likeness (QED) is 0.920. The summed E-state index contributed by atoms with van der Waals surface area (Å²) in [6.45, 7) is 5.36. The Bertz CT molecular complexity index is 452. The van der Waals surface area contributed by atoms with E-state index in [4.69, 9.17) is 0 Å². The van der Waals surface area contributed by atoms with Crippen LogP contribution in [0.15, 0.2) is 18.3 Å². The normalized spacial score (nSPS) is 16.0. The van der Waals surface area contributed by atoms with E-state index < -0.39 is 0 Å². The van der Waals surface area contributed by atoms with E-state index in [9.17, 15) is 0 Å². The molecule has 0 unspecified atom stereocenters. The van der Waals surface area contributed by atoms with Crippen LogP contribution in [0.5, 0.6) is 0 Å². The molecule has 2 aromatic heterocycles. The van der Waals surface area contributed by atoms with Crippen LogP contribution in [-0.2, 0) is 6.54 Å². The number of nitrogens with one attached hydrogen (secondary N) is 1. The van der Waals surface area contributed by atoms with Crippen molar-refractivity contribution >= 4 is 46.5 Å². The molecule has 1 fully saturated rings. The molecule has 0 bridgehead atoms. The number of hydrogen-bond donors (Lipinski definition) is 1. The summed E-state index contributed by atoms with van der Waals surface area (Å²) in [4.78, 5) is 12.4. The minimum atomic E-state index is 0. The average Bonchev–Trinajstić information content (AvgIpc) is 2.72. The average molecular weight is 307 g/mol. The number of rotatable bonds is 2. The van der Waals surface area contributed by atoms with Crippen molar-refractivity contribution in [3.8, 4) is 0 Å². The fourth-order valence-corrected chi connectivity index (χ4v) is 2.89. The number of hydrogen-bond acceptors (Lipinski definition) is 5. The van der Waals surface area contributed by atoms with Crippen LogP contribution in [-0.4, -0.2) is 41.0 Å². The molecule has 0 amide bonds. The summed E-state index contributed by atoms with van der Waals surface area (Å²) in [7, 11) is 0. The Kier molecular flexibility index (Phi) is 6.25. The van der Waals surface area contributed by atoms with E-state index in [-0.39, 0.29) is 24.8 Å². The Morgan fingerprint density at radius 3 is 2.78 bits per heavy atom. The number of aromatic nitrogens is 2. The number of thiazole rings is 1. The molecule has 0 atom stereocenters. The predicted octanol–water partition coefficient (Wildman–Crippen LogP) is 1.94. The topological polar surface area (TPSA) is 41.1 Å². The molecule has 1 aliphatic rings. The lowest BCUT2D eigenvalue weighted by atomic mass is 10.3. The van der Waals surface area contributed by atoms with Crippen LogP contribution in [0.25, 0.3) is 10.3 Å². The minimum absolute atomic E-state index is 0. The molecule has 0 saturated carbocycles. The number of pyridine rings is 1. The first-order chi connectivity index (χ1) is 7.92. The number of fused-ring (bicyclic) bond motifs is 1. The fourth-order valence-electron chi connectivity index (χ4n) is 1.94. The van der Waals surface area contributed by atoms with Gasteiger partial charge in [-0.3, -0.25) is 4.90 Å². The van der Waals surface area contributed by atoms with Gasteiger partial charge in [0.25, 0.3) is 0 Å². The van der Waals surface area contributed by atoms with Crippen LogP contribution >= 0.6 is 36.2 Å². The van der Waals surface area contributed by atoms with Crippen molar-refractivity contribution in [2.45, 2.75) is 6.54 Å². The van der Waals surface area contributed by atoms with E-state index in [1.807, 2.05) is 18.3 Å². The molecule has 1 N–H and O–H groups in total. The second-order valence-corrected chi connectivity index (χ2v) is 5.02. The third-order valence-corrected chi connectivity index (χ3v) is 3.74. The second kappa shape index (κ2) is 7.21. The van der Waals surface area contributed by atoms with Gasteiger partial charge >= 0.3 is 0 Å². The summed E-state index contributed by atoms with van der Waals surface area (Å²) < 4.78 is 0.